The molecule has 1 fully saturated rings. The van der Waals surface area contributed by atoms with Crippen LogP contribution in [0.5, 0.6) is 0 Å². The first kappa shape index (κ1) is 16.7. The molecular weight excluding hydrogens is 331 g/mol. The molecule has 0 spiro atoms. The molecule has 2 aromatic heterocycles. The number of carbonyl (C=O) groups is 1. The Morgan fingerprint density at radius 2 is 2.08 bits per heavy atom. The van der Waals surface area contributed by atoms with E-state index in [2.05, 4.69) is 10.1 Å². The molecule has 1 aliphatic heterocycles. The Bertz CT molecular complexity index is 935. The molecule has 1 amide bonds. The first-order valence-electron chi connectivity index (χ1n) is 8.93. The fourth-order valence-electron chi connectivity index (χ4n) is 3.67. The summed E-state index contributed by atoms with van der Waals surface area (Å²) in [5, 5.41) is 4.55. The molecule has 26 heavy (non-hydrogen) atoms. The molecule has 6 heteroatoms. The van der Waals surface area contributed by atoms with Gasteiger partial charge in [-0.1, -0.05) is 12.1 Å². The number of carbonyl (C=O) groups excluding carboxylic acids is 1. The van der Waals surface area contributed by atoms with Crippen LogP contribution in [-0.2, 0) is 11.2 Å². The molecule has 5 nitrogen and oxygen atoms in total. The van der Waals surface area contributed by atoms with Crippen molar-refractivity contribution in [2.75, 3.05) is 13.1 Å². The summed E-state index contributed by atoms with van der Waals surface area (Å²) in [6.07, 6.45) is 4.10. The number of aromatic nitrogens is 3. The zero-order chi connectivity index (χ0) is 18.1. The molecule has 0 radical (unpaired) electrons. The van der Waals surface area contributed by atoms with E-state index in [9.17, 15) is 9.18 Å². The van der Waals surface area contributed by atoms with E-state index in [0.29, 0.717) is 13.0 Å². The second-order valence-corrected chi connectivity index (χ2v) is 6.91. The number of likely N-dealkylation sites (tertiary alicyclic amines) is 1. The standard InChI is InChI=1S/C20H21FN4O/c1-14-11-19-22-9-8-18(25(19)23-14)16-3-2-10-24(13-16)20(26)12-15-4-6-17(21)7-5-15/h4-9,11,16H,2-3,10,12-13H2,1H3/t16-/m0/s1. The largest absolute Gasteiger partial charge is 0.342 e. The van der Waals surface area contributed by atoms with Gasteiger partial charge in [0, 0.05) is 31.3 Å². The molecular formula is C20H21FN4O. The Morgan fingerprint density at radius 3 is 2.88 bits per heavy atom. The maximum Gasteiger partial charge on any atom is 0.227 e. The van der Waals surface area contributed by atoms with Crippen molar-refractivity contribution in [2.45, 2.75) is 32.1 Å². The van der Waals surface area contributed by atoms with Crippen LogP contribution in [0, 0.1) is 12.7 Å². The molecule has 1 aliphatic rings. The first-order chi connectivity index (χ1) is 12.6. The van der Waals surface area contributed by atoms with E-state index in [1.165, 1.54) is 12.1 Å². The molecule has 3 heterocycles. The van der Waals surface area contributed by atoms with Crippen molar-refractivity contribution in [1.29, 1.82) is 0 Å². The molecule has 0 unspecified atom stereocenters. The van der Waals surface area contributed by atoms with Crippen molar-refractivity contribution >= 4 is 11.6 Å². The summed E-state index contributed by atoms with van der Waals surface area (Å²) in [6.45, 7) is 3.40. The molecule has 0 N–H and O–H groups in total. The highest BCUT2D eigenvalue weighted by Crippen LogP contribution is 2.27. The van der Waals surface area contributed by atoms with Gasteiger partial charge in [0.15, 0.2) is 5.65 Å². The lowest BCUT2D eigenvalue weighted by atomic mass is 9.94. The minimum absolute atomic E-state index is 0.0863. The van der Waals surface area contributed by atoms with Gasteiger partial charge < -0.3 is 4.90 Å². The van der Waals surface area contributed by atoms with E-state index in [1.54, 1.807) is 12.1 Å². The highest BCUT2D eigenvalue weighted by atomic mass is 19.1. The monoisotopic (exact) mass is 352 g/mol. The summed E-state index contributed by atoms with van der Waals surface area (Å²) in [5.74, 6) is 0.0458. The van der Waals surface area contributed by atoms with Gasteiger partial charge in [-0.25, -0.2) is 13.9 Å². The second kappa shape index (κ2) is 6.86. The molecule has 1 atom stereocenters. The normalized spacial score (nSPS) is 17.6. The first-order valence-corrected chi connectivity index (χ1v) is 8.93. The van der Waals surface area contributed by atoms with Gasteiger partial charge in [0.2, 0.25) is 5.91 Å². The molecule has 1 saturated heterocycles. The maximum absolute atomic E-state index is 13.0. The van der Waals surface area contributed by atoms with Gasteiger partial charge in [0.05, 0.1) is 17.8 Å². The van der Waals surface area contributed by atoms with Crippen molar-refractivity contribution in [3.8, 4) is 0 Å². The molecule has 1 aromatic carbocycles. The minimum atomic E-state index is -0.282. The summed E-state index contributed by atoms with van der Waals surface area (Å²) in [7, 11) is 0. The Kier molecular flexibility index (Phi) is 4.41. The van der Waals surface area contributed by atoms with Crippen LogP contribution >= 0.6 is 0 Å². The smallest absolute Gasteiger partial charge is 0.227 e. The number of halogens is 1. The number of piperidine rings is 1. The topological polar surface area (TPSA) is 50.5 Å². The SMILES string of the molecule is Cc1cc2nccc([C@H]3CCCN(C(=O)Cc4ccc(F)cc4)C3)n2n1. The van der Waals surface area contributed by atoms with Crippen LogP contribution in [0.4, 0.5) is 4.39 Å². The fourth-order valence-corrected chi connectivity index (χ4v) is 3.67. The number of hydrogen-bond acceptors (Lipinski definition) is 3. The van der Waals surface area contributed by atoms with E-state index >= 15 is 0 Å². The van der Waals surface area contributed by atoms with Gasteiger partial charge in [-0.2, -0.15) is 5.10 Å². The van der Waals surface area contributed by atoms with Crippen LogP contribution < -0.4 is 0 Å². The fraction of sp³-hybridized carbons (Fsp3) is 0.350. The van der Waals surface area contributed by atoms with Crippen molar-refractivity contribution < 1.29 is 9.18 Å². The number of aryl methyl sites for hydroxylation is 1. The summed E-state index contributed by atoms with van der Waals surface area (Å²) in [6, 6.07) is 10.1. The summed E-state index contributed by atoms with van der Waals surface area (Å²) in [4.78, 5) is 19.0. The van der Waals surface area contributed by atoms with Gasteiger partial charge in [-0.3, -0.25) is 4.79 Å². The zero-order valence-electron chi connectivity index (χ0n) is 14.7. The second-order valence-electron chi connectivity index (χ2n) is 6.91. The third-order valence-electron chi connectivity index (χ3n) is 4.97. The summed E-state index contributed by atoms with van der Waals surface area (Å²) in [5.41, 5.74) is 3.72. The molecule has 0 saturated carbocycles. The quantitative estimate of drug-likeness (QED) is 0.728. The molecule has 0 bridgehead atoms. The number of rotatable bonds is 3. The minimum Gasteiger partial charge on any atom is -0.342 e. The Morgan fingerprint density at radius 1 is 1.27 bits per heavy atom. The predicted octanol–water partition coefficient (Wildman–Crippen LogP) is 3.13. The van der Waals surface area contributed by atoms with Crippen LogP contribution in [0.3, 0.4) is 0 Å². The third-order valence-corrected chi connectivity index (χ3v) is 4.97. The van der Waals surface area contributed by atoms with Crippen molar-refractivity contribution in [2.24, 2.45) is 0 Å². The Hall–Kier alpha value is -2.76. The molecule has 3 aromatic rings. The van der Waals surface area contributed by atoms with Gasteiger partial charge in [-0.05, 0) is 43.5 Å². The van der Waals surface area contributed by atoms with Gasteiger partial charge in [-0.15, -0.1) is 0 Å². The van der Waals surface area contributed by atoms with Crippen LogP contribution in [0.15, 0.2) is 42.6 Å². The number of fused-ring (bicyclic) bond motifs is 1. The van der Waals surface area contributed by atoms with Crippen LogP contribution in [0.2, 0.25) is 0 Å². The summed E-state index contributed by atoms with van der Waals surface area (Å²) >= 11 is 0. The third kappa shape index (κ3) is 3.31. The highest BCUT2D eigenvalue weighted by molar-refractivity contribution is 5.79. The number of hydrogen-bond donors (Lipinski definition) is 0. The lowest BCUT2D eigenvalue weighted by molar-refractivity contribution is -0.131. The van der Waals surface area contributed by atoms with Crippen LogP contribution in [0.25, 0.3) is 5.65 Å². The van der Waals surface area contributed by atoms with E-state index in [1.807, 2.05) is 34.7 Å². The van der Waals surface area contributed by atoms with Crippen LogP contribution in [0.1, 0.15) is 35.7 Å². The van der Waals surface area contributed by atoms with E-state index in [4.69, 9.17) is 0 Å². The Balaban J connectivity index is 1.51. The highest BCUT2D eigenvalue weighted by Gasteiger charge is 2.26. The van der Waals surface area contributed by atoms with E-state index < -0.39 is 0 Å². The number of nitrogens with zero attached hydrogens (tertiary/aromatic N) is 4. The predicted molar refractivity (Wildman–Crippen MR) is 96.4 cm³/mol. The molecule has 4 rings (SSSR count). The molecule has 0 aliphatic carbocycles. The van der Waals surface area contributed by atoms with Gasteiger partial charge in [0.25, 0.3) is 0 Å². The Labute approximate surface area is 151 Å². The van der Waals surface area contributed by atoms with E-state index in [-0.39, 0.29) is 17.6 Å². The van der Waals surface area contributed by atoms with Crippen LogP contribution in [-0.4, -0.2) is 38.5 Å². The lowest BCUT2D eigenvalue weighted by Crippen LogP contribution is -2.40. The van der Waals surface area contributed by atoms with Crippen molar-refractivity contribution in [3.05, 3.63) is 65.4 Å². The lowest BCUT2D eigenvalue weighted by Gasteiger charge is -2.33. The van der Waals surface area contributed by atoms with E-state index in [0.717, 1.165) is 42.0 Å². The number of benzene rings is 1. The van der Waals surface area contributed by atoms with Crippen molar-refractivity contribution in [1.82, 2.24) is 19.5 Å². The average Bonchev–Trinajstić information content (AvgIpc) is 3.04. The summed E-state index contributed by atoms with van der Waals surface area (Å²) < 4.78 is 14.9. The average molecular weight is 352 g/mol. The number of amides is 1. The van der Waals surface area contributed by atoms with Gasteiger partial charge in [0.1, 0.15) is 5.82 Å². The van der Waals surface area contributed by atoms with Crippen molar-refractivity contribution in [3.63, 3.8) is 0 Å². The maximum atomic E-state index is 13.0. The van der Waals surface area contributed by atoms with Gasteiger partial charge >= 0.3 is 0 Å². The zero-order valence-corrected chi connectivity index (χ0v) is 14.7. The molecule has 134 valence electrons.